The monoisotopic (exact) mass is 296 g/mol. The third kappa shape index (κ3) is 4.77. The molecular weight excluding hydrogens is 272 g/mol. The number of aromatic nitrogens is 2. The molecule has 118 valence electrons. The van der Waals surface area contributed by atoms with Crippen LogP contribution in [0.25, 0.3) is 0 Å². The van der Waals surface area contributed by atoms with E-state index in [1.54, 1.807) is 18.7 Å². The first-order valence-corrected chi connectivity index (χ1v) is 6.93. The molecule has 0 atom stereocenters. The molecule has 1 amide bonds. The van der Waals surface area contributed by atoms with Gasteiger partial charge in [-0.05, 0) is 25.2 Å². The summed E-state index contributed by atoms with van der Waals surface area (Å²) in [6, 6.07) is 0. The molecule has 0 spiro atoms. The van der Waals surface area contributed by atoms with Crippen LogP contribution in [0.15, 0.2) is 0 Å². The number of carbonyl (C=O) groups is 2. The molecule has 7 nitrogen and oxygen atoms in total. The summed E-state index contributed by atoms with van der Waals surface area (Å²) >= 11 is 0. The van der Waals surface area contributed by atoms with Crippen molar-refractivity contribution in [2.45, 2.75) is 40.0 Å². The largest absolute Gasteiger partial charge is 0.481 e. The van der Waals surface area contributed by atoms with Gasteiger partial charge in [-0.15, -0.1) is 0 Å². The molecule has 1 rings (SSSR count). The Morgan fingerprint density at radius 2 is 2.00 bits per heavy atom. The van der Waals surface area contributed by atoms with E-state index < -0.39 is 11.9 Å². The van der Waals surface area contributed by atoms with Crippen molar-refractivity contribution in [3.05, 3.63) is 11.3 Å². The first-order valence-electron chi connectivity index (χ1n) is 6.93. The van der Waals surface area contributed by atoms with Crippen LogP contribution in [0, 0.1) is 12.3 Å². The highest BCUT2D eigenvalue weighted by molar-refractivity contribution is 5.98. The Hall–Kier alpha value is -2.05. The maximum atomic E-state index is 11.5. The van der Waals surface area contributed by atoms with Crippen LogP contribution in [0.5, 0.6) is 0 Å². The summed E-state index contributed by atoms with van der Waals surface area (Å²) in [7, 11) is 1.75. The quantitative estimate of drug-likeness (QED) is 0.673. The number of aliphatic carboxylic acids is 1. The van der Waals surface area contributed by atoms with Gasteiger partial charge in [0.15, 0.2) is 0 Å². The van der Waals surface area contributed by atoms with Crippen LogP contribution in [0.4, 0.5) is 5.82 Å². The molecule has 0 bridgehead atoms. The van der Waals surface area contributed by atoms with Gasteiger partial charge in [0, 0.05) is 20.0 Å². The number of carboxylic acids is 1. The molecular formula is C14H24N4O3. The van der Waals surface area contributed by atoms with Crippen molar-refractivity contribution in [2.75, 3.05) is 11.9 Å². The molecule has 1 aromatic heterocycles. The molecule has 0 aliphatic carbocycles. The topological polar surface area (TPSA) is 110 Å². The number of rotatable bonds is 8. The second-order valence-corrected chi connectivity index (χ2v) is 6.03. The Morgan fingerprint density at radius 3 is 2.52 bits per heavy atom. The molecule has 0 saturated carbocycles. The zero-order valence-corrected chi connectivity index (χ0v) is 13.1. The fourth-order valence-corrected chi connectivity index (χ4v) is 2.25. The molecule has 0 aliphatic rings. The molecule has 4 N–H and O–H groups in total. The van der Waals surface area contributed by atoms with E-state index in [0.717, 1.165) is 6.42 Å². The van der Waals surface area contributed by atoms with Crippen LogP contribution in [-0.4, -0.2) is 33.3 Å². The maximum absolute atomic E-state index is 11.5. The number of carboxylic acid groups (broad SMARTS) is 1. The van der Waals surface area contributed by atoms with Gasteiger partial charge < -0.3 is 16.2 Å². The summed E-state index contributed by atoms with van der Waals surface area (Å²) in [4.78, 5) is 22.1. The minimum absolute atomic E-state index is 0.0914. The highest BCUT2D eigenvalue weighted by Crippen LogP contribution is 2.27. The van der Waals surface area contributed by atoms with Gasteiger partial charge in [-0.25, -0.2) is 0 Å². The second kappa shape index (κ2) is 6.60. The zero-order valence-electron chi connectivity index (χ0n) is 13.1. The fourth-order valence-electron chi connectivity index (χ4n) is 2.25. The van der Waals surface area contributed by atoms with Gasteiger partial charge in [0.25, 0.3) is 5.91 Å². The summed E-state index contributed by atoms with van der Waals surface area (Å²) < 4.78 is 1.60. The molecule has 0 unspecified atom stereocenters. The van der Waals surface area contributed by atoms with Crippen molar-refractivity contribution in [3.63, 3.8) is 0 Å². The molecule has 1 aromatic rings. The number of nitrogens with zero attached hydrogens (tertiary/aromatic N) is 2. The maximum Gasteiger partial charge on any atom is 0.303 e. The number of primary amides is 1. The van der Waals surface area contributed by atoms with Gasteiger partial charge in [0.1, 0.15) is 11.4 Å². The third-order valence-corrected chi connectivity index (χ3v) is 3.58. The summed E-state index contributed by atoms with van der Waals surface area (Å²) in [5.74, 6) is -0.684. The van der Waals surface area contributed by atoms with E-state index in [1.165, 1.54) is 0 Å². The molecule has 21 heavy (non-hydrogen) atoms. The first-order chi connectivity index (χ1) is 9.64. The van der Waals surface area contributed by atoms with Crippen LogP contribution in [-0.2, 0) is 11.8 Å². The zero-order chi connectivity index (χ0) is 16.2. The minimum atomic E-state index is -0.783. The molecule has 0 aliphatic heterocycles. The molecule has 0 fully saturated rings. The number of anilines is 1. The highest BCUT2D eigenvalue weighted by atomic mass is 16.4. The summed E-state index contributed by atoms with van der Waals surface area (Å²) in [6.45, 7) is 6.41. The van der Waals surface area contributed by atoms with E-state index in [1.807, 2.05) is 13.8 Å². The van der Waals surface area contributed by atoms with Crippen LogP contribution in [0.1, 0.15) is 49.2 Å². The third-order valence-electron chi connectivity index (χ3n) is 3.58. The van der Waals surface area contributed by atoms with Gasteiger partial charge in [0.05, 0.1) is 5.69 Å². The lowest BCUT2D eigenvalue weighted by Crippen LogP contribution is -2.21. The van der Waals surface area contributed by atoms with Crippen molar-refractivity contribution in [2.24, 2.45) is 18.2 Å². The standard InChI is InChI=1S/C14H24N4O3/c1-9-11(12(15)21)13(18(4)17-9)16-8-7-14(2,3)6-5-10(19)20/h16H,5-8H2,1-4H3,(H2,15,21)(H,19,20). The number of aryl methyl sites for hydroxylation is 2. The van der Waals surface area contributed by atoms with Gasteiger partial charge >= 0.3 is 5.97 Å². The Balaban J connectivity index is 2.64. The molecule has 0 radical (unpaired) electrons. The lowest BCUT2D eigenvalue weighted by Gasteiger charge is -2.24. The highest BCUT2D eigenvalue weighted by Gasteiger charge is 2.21. The van der Waals surface area contributed by atoms with Gasteiger partial charge in [0.2, 0.25) is 0 Å². The van der Waals surface area contributed by atoms with Gasteiger partial charge in [-0.1, -0.05) is 13.8 Å². The summed E-state index contributed by atoms with van der Waals surface area (Å²) in [6.07, 6.45) is 1.55. The van der Waals surface area contributed by atoms with E-state index in [2.05, 4.69) is 10.4 Å². The lowest BCUT2D eigenvalue weighted by atomic mass is 9.84. The number of hydrogen-bond donors (Lipinski definition) is 3. The van der Waals surface area contributed by atoms with E-state index in [0.29, 0.717) is 30.0 Å². The first kappa shape index (κ1) is 17.0. The van der Waals surface area contributed by atoms with E-state index in [4.69, 9.17) is 10.8 Å². The Labute approximate surface area is 124 Å². The Morgan fingerprint density at radius 1 is 1.38 bits per heavy atom. The normalized spacial score (nSPS) is 11.4. The van der Waals surface area contributed by atoms with Crippen LogP contribution < -0.4 is 11.1 Å². The molecule has 0 aromatic carbocycles. The van der Waals surface area contributed by atoms with E-state index in [-0.39, 0.29) is 11.8 Å². The van der Waals surface area contributed by atoms with Crippen LogP contribution in [0.3, 0.4) is 0 Å². The summed E-state index contributed by atoms with van der Waals surface area (Å²) in [5.41, 5.74) is 6.28. The SMILES string of the molecule is Cc1nn(C)c(NCCC(C)(C)CCC(=O)O)c1C(N)=O. The molecule has 1 heterocycles. The number of hydrogen-bond acceptors (Lipinski definition) is 4. The second-order valence-electron chi connectivity index (χ2n) is 6.03. The van der Waals surface area contributed by atoms with Gasteiger partial charge in [-0.3, -0.25) is 14.3 Å². The Bertz CT molecular complexity index is 535. The molecule has 0 saturated heterocycles. The van der Waals surface area contributed by atoms with Crippen molar-refractivity contribution in [3.8, 4) is 0 Å². The number of nitrogens with one attached hydrogen (secondary N) is 1. The van der Waals surface area contributed by atoms with Crippen LogP contribution in [0.2, 0.25) is 0 Å². The predicted octanol–water partition coefficient (Wildman–Crippen LogP) is 1.52. The smallest absolute Gasteiger partial charge is 0.303 e. The number of nitrogens with two attached hydrogens (primary N) is 1. The molecule has 7 heteroatoms. The lowest BCUT2D eigenvalue weighted by molar-refractivity contribution is -0.137. The average Bonchev–Trinajstić information content (AvgIpc) is 2.62. The van der Waals surface area contributed by atoms with Crippen molar-refractivity contribution in [1.29, 1.82) is 0 Å². The minimum Gasteiger partial charge on any atom is -0.481 e. The average molecular weight is 296 g/mol. The predicted molar refractivity (Wildman–Crippen MR) is 80.2 cm³/mol. The van der Waals surface area contributed by atoms with Crippen LogP contribution >= 0.6 is 0 Å². The van der Waals surface area contributed by atoms with Crippen molar-refractivity contribution in [1.82, 2.24) is 9.78 Å². The van der Waals surface area contributed by atoms with E-state index >= 15 is 0 Å². The number of carbonyl (C=O) groups excluding carboxylic acids is 1. The summed E-state index contributed by atoms with van der Waals surface area (Å²) in [5, 5.41) is 16.1. The van der Waals surface area contributed by atoms with E-state index in [9.17, 15) is 9.59 Å². The van der Waals surface area contributed by atoms with Gasteiger partial charge in [-0.2, -0.15) is 5.10 Å². The van der Waals surface area contributed by atoms with Crippen molar-refractivity contribution < 1.29 is 14.7 Å². The van der Waals surface area contributed by atoms with Crippen molar-refractivity contribution >= 4 is 17.7 Å². The number of amides is 1. The fraction of sp³-hybridized carbons (Fsp3) is 0.643. The Kier molecular flexibility index (Phi) is 5.34.